The van der Waals surface area contributed by atoms with Crippen LogP contribution in [0.4, 0.5) is 0 Å². The quantitative estimate of drug-likeness (QED) is 0.596. The van der Waals surface area contributed by atoms with E-state index in [1.807, 2.05) is 0 Å². The second-order valence-corrected chi connectivity index (χ2v) is 9.15. The Morgan fingerprint density at radius 1 is 1.05 bits per heavy atom. The first kappa shape index (κ1) is 19.1. The SMILES string of the molecule is CC(C)(Cc1ccc(C(C)(C)C)cc1)NCCCS(=O)(=O)O. The molecule has 2 N–H and O–H groups in total. The number of hydrogen-bond acceptors (Lipinski definition) is 3. The van der Waals surface area contributed by atoms with E-state index in [9.17, 15) is 8.42 Å². The van der Waals surface area contributed by atoms with Gasteiger partial charge in [-0.05, 0) is 49.8 Å². The Morgan fingerprint density at radius 2 is 1.59 bits per heavy atom. The molecule has 126 valence electrons. The molecule has 0 aliphatic rings. The Kier molecular flexibility index (Phi) is 6.18. The first-order valence-corrected chi connectivity index (χ1v) is 9.30. The third-order valence-corrected chi connectivity index (χ3v) is 4.45. The molecule has 0 saturated carbocycles. The maximum absolute atomic E-state index is 10.7. The molecule has 1 rings (SSSR count). The molecule has 4 nitrogen and oxygen atoms in total. The van der Waals surface area contributed by atoms with Gasteiger partial charge in [0.25, 0.3) is 10.1 Å². The minimum absolute atomic E-state index is 0.123. The minimum Gasteiger partial charge on any atom is -0.311 e. The van der Waals surface area contributed by atoms with Crippen molar-refractivity contribution in [2.24, 2.45) is 0 Å². The summed E-state index contributed by atoms with van der Waals surface area (Å²) >= 11 is 0. The molecule has 0 bridgehead atoms. The van der Waals surface area contributed by atoms with Gasteiger partial charge in [0.05, 0.1) is 5.75 Å². The van der Waals surface area contributed by atoms with E-state index in [1.54, 1.807) is 0 Å². The summed E-state index contributed by atoms with van der Waals surface area (Å²) in [7, 11) is -3.86. The van der Waals surface area contributed by atoms with Crippen molar-refractivity contribution >= 4 is 10.1 Å². The highest BCUT2D eigenvalue weighted by atomic mass is 32.2. The molecule has 22 heavy (non-hydrogen) atoms. The summed E-state index contributed by atoms with van der Waals surface area (Å²) in [6.45, 7) is 11.3. The van der Waals surface area contributed by atoms with Crippen molar-refractivity contribution < 1.29 is 13.0 Å². The van der Waals surface area contributed by atoms with Crippen LogP contribution in [0.5, 0.6) is 0 Å². The molecule has 0 aliphatic carbocycles. The van der Waals surface area contributed by atoms with Gasteiger partial charge in [0.2, 0.25) is 0 Å². The third kappa shape index (κ3) is 7.38. The molecular weight excluding hydrogens is 298 g/mol. The molecule has 0 aliphatic heterocycles. The highest BCUT2D eigenvalue weighted by Gasteiger charge is 2.19. The van der Waals surface area contributed by atoms with Crippen molar-refractivity contribution in [2.45, 2.75) is 58.4 Å². The Morgan fingerprint density at radius 3 is 2.05 bits per heavy atom. The predicted molar refractivity (Wildman–Crippen MR) is 92.0 cm³/mol. The lowest BCUT2D eigenvalue weighted by atomic mass is 9.85. The molecule has 1 aromatic rings. The molecule has 0 aromatic heterocycles. The molecule has 0 unspecified atom stereocenters. The third-order valence-electron chi connectivity index (χ3n) is 3.65. The van der Waals surface area contributed by atoms with Crippen LogP contribution >= 0.6 is 0 Å². The first-order chi connectivity index (χ1) is 9.89. The lowest BCUT2D eigenvalue weighted by molar-refractivity contribution is 0.385. The predicted octanol–water partition coefficient (Wildman–Crippen LogP) is 3.17. The number of benzene rings is 1. The Labute approximate surface area is 135 Å². The van der Waals surface area contributed by atoms with Crippen molar-refractivity contribution in [3.05, 3.63) is 35.4 Å². The minimum atomic E-state index is -3.86. The van der Waals surface area contributed by atoms with Crippen LogP contribution in [-0.2, 0) is 22.0 Å². The summed E-state index contributed by atoms with van der Waals surface area (Å²) in [5.41, 5.74) is 2.60. The van der Waals surface area contributed by atoms with E-state index < -0.39 is 10.1 Å². The summed E-state index contributed by atoms with van der Waals surface area (Å²) in [4.78, 5) is 0. The van der Waals surface area contributed by atoms with Gasteiger partial charge in [-0.25, -0.2) is 0 Å². The smallest absolute Gasteiger partial charge is 0.264 e. The fraction of sp³-hybridized carbons (Fsp3) is 0.647. The lowest BCUT2D eigenvalue weighted by Gasteiger charge is -2.27. The van der Waals surface area contributed by atoms with E-state index in [0.29, 0.717) is 13.0 Å². The summed E-state index contributed by atoms with van der Waals surface area (Å²) in [5, 5.41) is 3.35. The molecule has 1 aromatic carbocycles. The largest absolute Gasteiger partial charge is 0.311 e. The summed E-state index contributed by atoms with van der Waals surface area (Å²) in [5.74, 6) is -0.198. The zero-order valence-corrected chi connectivity index (χ0v) is 15.1. The standard InChI is InChI=1S/C17H29NO3S/c1-16(2,3)15-9-7-14(8-10-15)13-17(4,5)18-11-6-12-22(19,20)21/h7-10,18H,6,11-13H2,1-5H3,(H,19,20,21). The highest BCUT2D eigenvalue weighted by Crippen LogP contribution is 2.23. The van der Waals surface area contributed by atoms with Crippen molar-refractivity contribution in [1.82, 2.24) is 5.32 Å². The Balaban J connectivity index is 2.53. The van der Waals surface area contributed by atoms with E-state index >= 15 is 0 Å². The van der Waals surface area contributed by atoms with Gasteiger partial charge in [-0.2, -0.15) is 8.42 Å². The van der Waals surface area contributed by atoms with Crippen molar-refractivity contribution in [2.75, 3.05) is 12.3 Å². The fourth-order valence-corrected chi connectivity index (χ4v) is 2.89. The van der Waals surface area contributed by atoms with Crippen LogP contribution in [0.15, 0.2) is 24.3 Å². The average molecular weight is 327 g/mol. The summed E-state index contributed by atoms with van der Waals surface area (Å²) < 4.78 is 30.1. The van der Waals surface area contributed by atoms with Gasteiger partial charge in [0.15, 0.2) is 0 Å². The van der Waals surface area contributed by atoms with Crippen LogP contribution in [0, 0.1) is 0 Å². The van der Waals surface area contributed by atoms with E-state index in [1.165, 1.54) is 11.1 Å². The fourth-order valence-electron chi connectivity index (χ4n) is 2.38. The van der Waals surface area contributed by atoms with Crippen LogP contribution < -0.4 is 5.32 Å². The van der Waals surface area contributed by atoms with Gasteiger partial charge in [-0.3, -0.25) is 4.55 Å². The molecule has 0 heterocycles. The molecule has 0 spiro atoms. The maximum Gasteiger partial charge on any atom is 0.264 e. The molecule has 5 heteroatoms. The Hall–Kier alpha value is -0.910. The van der Waals surface area contributed by atoms with E-state index in [4.69, 9.17) is 4.55 Å². The number of nitrogens with one attached hydrogen (secondary N) is 1. The number of hydrogen-bond donors (Lipinski definition) is 2. The van der Waals surface area contributed by atoms with Gasteiger partial charge in [-0.15, -0.1) is 0 Å². The summed E-state index contributed by atoms with van der Waals surface area (Å²) in [6, 6.07) is 8.65. The average Bonchev–Trinajstić information content (AvgIpc) is 2.33. The van der Waals surface area contributed by atoms with Gasteiger partial charge >= 0.3 is 0 Å². The Bertz CT molecular complexity index is 569. The molecule has 0 radical (unpaired) electrons. The highest BCUT2D eigenvalue weighted by molar-refractivity contribution is 7.85. The van der Waals surface area contributed by atoms with Crippen LogP contribution in [0.25, 0.3) is 0 Å². The van der Waals surface area contributed by atoms with Gasteiger partial charge in [0, 0.05) is 5.54 Å². The van der Waals surface area contributed by atoms with Crippen LogP contribution in [0.2, 0.25) is 0 Å². The van der Waals surface area contributed by atoms with Crippen LogP contribution in [-0.4, -0.2) is 30.8 Å². The lowest BCUT2D eigenvalue weighted by Crippen LogP contribution is -2.42. The van der Waals surface area contributed by atoms with Gasteiger partial charge < -0.3 is 5.32 Å². The molecule has 0 saturated heterocycles. The van der Waals surface area contributed by atoms with Crippen molar-refractivity contribution in [3.8, 4) is 0 Å². The second kappa shape index (κ2) is 7.11. The second-order valence-electron chi connectivity index (χ2n) is 7.57. The maximum atomic E-state index is 10.7. The molecule has 0 fully saturated rings. The molecule has 0 atom stereocenters. The topological polar surface area (TPSA) is 66.4 Å². The van der Waals surface area contributed by atoms with Crippen LogP contribution in [0.1, 0.15) is 52.2 Å². The zero-order chi connectivity index (χ0) is 17.0. The van der Waals surface area contributed by atoms with Crippen molar-refractivity contribution in [3.63, 3.8) is 0 Å². The van der Waals surface area contributed by atoms with Gasteiger partial charge in [-0.1, -0.05) is 45.0 Å². The normalized spacial score (nSPS) is 13.4. The van der Waals surface area contributed by atoms with E-state index in [-0.39, 0.29) is 16.7 Å². The van der Waals surface area contributed by atoms with Crippen LogP contribution in [0.3, 0.4) is 0 Å². The van der Waals surface area contributed by atoms with E-state index in [2.05, 4.69) is 64.2 Å². The zero-order valence-electron chi connectivity index (χ0n) is 14.3. The monoisotopic (exact) mass is 327 g/mol. The summed E-state index contributed by atoms with van der Waals surface area (Å²) in [6.07, 6.45) is 1.27. The first-order valence-electron chi connectivity index (χ1n) is 7.69. The number of rotatable bonds is 7. The van der Waals surface area contributed by atoms with Crippen molar-refractivity contribution in [1.29, 1.82) is 0 Å². The van der Waals surface area contributed by atoms with Gasteiger partial charge in [0.1, 0.15) is 0 Å². The van der Waals surface area contributed by atoms with E-state index in [0.717, 1.165) is 6.42 Å². The molecular formula is C17H29NO3S. The molecule has 0 amide bonds.